The van der Waals surface area contributed by atoms with Crippen molar-refractivity contribution in [3.8, 4) is 5.75 Å². The zero-order chi connectivity index (χ0) is 22.8. The lowest BCUT2D eigenvalue weighted by Gasteiger charge is -2.38. The summed E-state index contributed by atoms with van der Waals surface area (Å²) in [5.74, 6) is 1.53. The van der Waals surface area contributed by atoms with E-state index in [2.05, 4.69) is 79.5 Å². The minimum atomic E-state index is 0.0408. The van der Waals surface area contributed by atoms with Gasteiger partial charge < -0.3 is 19.4 Å². The maximum absolute atomic E-state index is 6.20. The molecule has 1 saturated heterocycles. The fourth-order valence-corrected chi connectivity index (χ4v) is 5.00. The quantitative estimate of drug-likeness (QED) is 0.511. The lowest BCUT2D eigenvalue weighted by molar-refractivity contribution is 0.217. The van der Waals surface area contributed by atoms with Crippen LogP contribution in [0.5, 0.6) is 5.75 Å². The van der Waals surface area contributed by atoms with Gasteiger partial charge in [-0.1, -0.05) is 12.1 Å². The Morgan fingerprint density at radius 2 is 2.15 bits per heavy atom. The molecule has 1 aromatic heterocycles. The van der Waals surface area contributed by atoms with Gasteiger partial charge in [0.15, 0.2) is 0 Å². The Bertz CT molecular complexity index is 1170. The highest BCUT2D eigenvalue weighted by Crippen LogP contribution is 2.36. The molecule has 0 spiro atoms. The Balaban J connectivity index is 1.38. The molecule has 0 amide bonds. The standard InChI is InChI=1S/C28H33N3O2/c1-19-17-33-28-10-9-24(15-26(19)28)27-11-13-30-21(3)31(27)20(2)23-7-4-8-25(14-23)32-18-22-6-5-12-29-16-22/h4,7-11,13-15,17,20-22,29H,5-6,12,16,18H2,1-3H3. The van der Waals surface area contributed by atoms with Gasteiger partial charge in [-0.05, 0) is 93.3 Å². The predicted octanol–water partition coefficient (Wildman–Crippen LogP) is 5.95. The Kier molecular flexibility index (Phi) is 6.23. The third-order valence-corrected chi connectivity index (χ3v) is 6.92. The maximum atomic E-state index is 6.20. The van der Waals surface area contributed by atoms with E-state index in [0.717, 1.165) is 42.0 Å². The van der Waals surface area contributed by atoms with Crippen LogP contribution in [0.15, 0.2) is 64.2 Å². The molecule has 0 bridgehead atoms. The topological polar surface area (TPSA) is 50.0 Å². The van der Waals surface area contributed by atoms with Crippen molar-refractivity contribution >= 4 is 22.9 Å². The minimum absolute atomic E-state index is 0.0408. The summed E-state index contributed by atoms with van der Waals surface area (Å²) in [4.78, 5) is 7.08. The van der Waals surface area contributed by atoms with Crippen molar-refractivity contribution in [3.63, 3.8) is 0 Å². The van der Waals surface area contributed by atoms with Crippen molar-refractivity contribution in [1.29, 1.82) is 0 Å². The first kappa shape index (κ1) is 21.8. The van der Waals surface area contributed by atoms with E-state index in [1.54, 1.807) is 0 Å². The number of hydrogen-bond donors (Lipinski definition) is 1. The fraction of sp³-hybridized carbons (Fsp3) is 0.393. The first-order valence-electron chi connectivity index (χ1n) is 12.0. The number of furan rings is 1. The molecule has 2 aliphatic rings. The molecule has 3 unspecified atom stereocenters. The van der Waals surface area contributed by atoms with Gasteiger partial charge in [0.25, 0.3) is 0 Å². The highest BCUT2D eigenvalue weighted by molar-refractivity contribution is 5.90. The molecule has 5 rings (SSSR count). The highest BCUT2D eigenvalue weighted by atomic mass is 16.5. The van der Waals surface area contributed by atoms with Crippen molar-refractivity contribution < 1.29 is 9.15 Å². The average Bonchev–Trinajstić information content (AvgIpc) is 3.23. The van der Waals surface area contributed by atoms with E-state index in [9.17, 15) is 0 Å². The number of allylic oxidation sites excluding steroid dienone is 1. The number of aryl methyl sites for hydroxylation is 1. The zero-order valence-electron chi connectivity index (χ0n) is 19.8. The second kappa shape index (κ2) is 9.44. The summed E-state index contributed by atoms with van der Waals surface area (Å²) in [6.45, 7) is 9.43. The molecule has 2 aliphatic heterocycles. The number of nitrogens with zero attached hydrogens (tertiary/aromatic N) is 2. The van der Waals surface area contributed by atoms with Gasteiger partial charge in [0, 0.05) is 29.8 Å². The smallest absolute Gasteiger partial charge is 0.134 e. The first-order valence-corrected chi connectivity index (χ1v) is 12.0. The number of rotatable bonds is 6. The maximum Gasteiger partial charge on any atom is 0.134 e. The van der Waals surface area contributed by atoms with Crippen LogP contribution in [0.2, 0.25) is 0 Å². The van der Waals surface area contributed by atoms with Crippen LogP contribution in [0.1, 0.15) is 49.4 Å². The van der Waals surface area contributed by atoms with Crippen LogP contribution in [-0.4, -0.2) is 37.0 Å². The number of hydrogen-bond acceptors (Lipinski definition) is 5. The summed E-state index contributed by atoms with van der Waals surface area (Å²) < 4.78 is 11.9. The molecular weight excluding hydrogens is 410 g/mol. The minimum Gasteiger partial charge on any atom is -0.493 e. The van der Waals surface area contributed by atoms with E-state index in [4.69, 9.17) is 14.1 Å². The van der Waals surface area contributed by atoms with E-state index < -0.39 is 0 Å². The number of nitrogens with one attached hydrogen (secondary N) is 1. The monoisotopic (exact) mass is 443 g/mol. The van der Waals surface area contributed by atoms with Crippen LogP contribution in [-0.2, 0) is 0 Å². The molecule has 3 aromatic rings. The first-order chi connectivity index (χ1) is 16.1. The van der Waals surface area contributed by atoms with Gasteiger partial charge in [0.2, 0.25) is 0 Å². The molecule has 5 nitrogen and oxygen atoms in total. The van der Waals surface area contributed by atoms with Gasteiger partial charge in [-0.3, -0.25) is 4.99 Å². The Hall–Kier alpha value is -3.05. The van der Waals surface area contributed by atoms with Crippen LogP contribution >= 0.6 is 0 Å². The summed E-state index contributed by atoms with van der Waals surface area (Å²) in [5, 5.41) is 4.63. The van der Waals surface area contributed by atoms with Gasteiger partial charge in [-0.25, -0.2) is 0 Å². The molecule has 0 aliphatic carbocycles. The van der Waals surface area contributed by atoms with E-state index in [1.807, 2.05) is 12.5 Å². The van der Waals surface area contributed by atoms with Crippen molar-refractivity contribution in [1.82, 2.24) is 10.2 Å². The van der Waals surface area contributed by atoms with Gasteiger partial charge >= 0.3 is 0 Å². The number of fused-ring (bicyclic) bond motifs is 1. The largest absolute Gasteiger partial charge is 0.493 e. The van der Waals surface area contributed by atoms with Crippen LogP contribution in [0, 0.1) is 12.8 Å². The molecule has 1 N–H and O–H groups in total. The fourth-order valence-electron chi connectivity index (χ4n) is 5.00. The lowest BCUT2D eigenvalue weighted by atomic mass is 10.00. The number of benzene rings is 2. The SMILES string of the molecule is Cc1coc2ccc(C3=CC=NC(C)N3C(C)c3cccc(OCC4CCCNC4)c3)cc12. The van der Waals surface area contributed by atoms with Gasteiger partial charge in [-0.2, -0.15) is 0 Å². The van der Waals surface area contributed by atoms with Crippen molar-refractivity contribution in [2.75, 3.05) is 19.7 Å². The van der Waals surface area contributed by atoms with Crippen LogP contribution in [0.4, 0.5) is 0 Å². The summed E-state index contributed by atoms with van der Waals surface area (Å²) >= 11 is 0. The number of ether oxygens (including phenoxy) is 1. The Morgan fingerprint density at radius 3 is 3.00 bits per heavy atom. The summed E-state index contributed by atoms with van der Waals surface area (Å²) in [5.41, 5.74) is 5.65. The average molecular weight is 444 g/mol. The molecule has 5 heteroatoms. The van der Waals surface area contributed by atoms with Crippen LogP contribution < -0.4 is 10.1 Å². The lowest BCUT2D eigenvalue weighted by Crippen LogP contribution is -2.35. The van der Waals surface area contributed by atoms with Crippen molar-refractivity contribution in [2.45, 2.75) is 45.8 Å². The van der Waals surface area contributed by atoms with E-state index in [-0.39, 0.29) is 12.2 Å². The zero-order valence-corrected chi connectivity index (χ0v) is 19.8. The molecule has 3 atom stereocenters. The molecule has 1 fully saturated rings. The Morgan fingerprint density at radius 1 is 1.24 bits per heavy atom. The normalized spacial score (nSPS) is 21.8. The molecular formula is C28H33N3O2. The highest BCUT2D eigenvalue weighted by Gasteiger charge is 2.26. The molecule has 0 saturated carbocycles. The van der Waals surface area contributed by atoms with E-state index >= 15 is 0 Å². The predicted molar refractivity (Wildman–Crippen MR) is 135 cm³/mol. The third kappa shape index (κ3) is 4.55. The van der Waals surface area contributed by atoms with Gasteiger partial charge in [-0.15, -0.1) is 0 Å². The van der Waals surface area contributed by atoms with Crippen LogP contribution in [0.25, 0.3) is 16.7 Å². The van der Waals surface area contributed by atoms with Crippen LogP contribution in [0.3, 0.4) is 0 Å². The van der Waals surface area contributed by atoms with E-state index in [1.165, 1.54) is 29.7 Å². The molecule has 3 heterocycles. The van der Waals surface area contributed by atoms with Crippen molar-refractivity contribution in [3.05, 3.63) is 71.5 Å². The summed E-state index contributed by atoms with van der Waals surface area (Å²) in [7, 11) is 0. The molecule has 172 valence electrons. The van der Waals surface area contributed by atoms with E-state index in [0.29, 0.717) is 5.92 Å². The number of piperidine rings is 1. The van der Waals surface area contributed by atoms with Gasteiger partial charge in [0.05, 0.1) is 18.9 Å². The molecule has 2 aromatic carbocycles. The Labute approximate surface area is 196 Å². The summed E-state index contributed by atoms with van der Waals surface area (Å²) in [6.07, 6.45) is 8.37. The van der Waals surface area contributed by atoms with Gasteiger partial charge in [0.1, 0.15) is 17.5 Å². The molecule has 0 radical (unpaired) electrons. The van der Waals surface area contributed by atoms with Crippen molar-refractivity contribution in [2.24, 2.45) is 10.9 Å². The second-order valence-electron chi connectivity index (χ2n) is 9.29. The molecule has 33 heavy (non-hydrogen) atoms. The third-order valence-electron chi connectivity index (χ3n) is 6.92. The summed E-state index contributed by atoms with van der Waals surface area (Å²) in [6, 6.07) is 15.1. The number of aliphatic imine (C=N–C) groups is 1. The second-order valence-corrected chi connectivity index (χ2v) is 9.29.